The zero-order valence-corrected chi connectivity index (χ0v) is 12.5. The van der Waals surface area contributed by atoms with Crippen LogP contribution in [0.3, 0.4) is 0 Å². The van der Waals surface area contributed by atoms with Crippen LogP contribution >= 0.6 is 0 Å². The zero-order valence-electron chi connectivity index (χ0n) is 12.5. The van der Waals surface area contributed by atoms with E-state index in [1.54, 1.807) is 0 Å². The number of hydrogen-bond acceptors (Lipinski definition) is 1. The van der Waals surface area contributed by atoms with E-state index in [1.165, 1.54) is 51.4 Å². The van der Waals surface area contributed by atoms with Gasteiger partial charge < -0.3 is 0 Å². The van der Waals surface area contributed by atoms with Gasteiger partial charge in [-0.3, -0.25) is 0 Å². The summed E-state index contributed by atoms with van der Waals surface area (Å²) in [5.41, 5.74) is 0. The molecule has 0 unspecified atom stereocenters. The van der Waals surface area contributed by atoms with Gasteiger partial charge in [0.2, 0.25) is 0 Å². The third-order valence-electron chi connectivity index (χ3n) is 5.30. The number of nitrogens with zero attached hydrogens (tertiary/aromatic N) is 1. The van der Waals surface area contributed by atoms with Crippen molar-refractivity contribution in [3.05, 3.63) is 12.2 Å². The maximum Gasteiger partial charge on any atom is 0.0655 e. The smallest absolute Gasteiger partial charge is 0.0655 e. The van der Waals surface area contributed by atoms with Gasteiger partial charge in [0.25, 0.3) is 0 Å². The van der Waals surface area contributed by atoms with E-state index in [4.69, 9.17) is 5.26 Å². The molecule has 0 aromatic heterocycles. The Bertz CT molecular complexity index is 309. The Balaban J connectivity index is 1.70. The molecule has 2 fully saturated rings. The Labute approximate surface area is 119 Å². The lowest BCUT2D eigenvalue weighted by Crippen LogP contribution is -2.25. The predicted molar refractivity (Wildman–Crippen MR) is 80.6 cm³/mol. The number of unbranched alkanes of at least 4 members (excludes halogenated alkanes) is 1. The van der Waals surface area contributed by atoms with Crippen molar-refractivity contribution in [1.29, 1.82) is 5.26 Å². The Kier molecular flexibility index (Phi) is 5.95. The van der Waals surface area contributed by atoms with Crippen molar-refractivity contribution in [3.8, 4) is 6.07 Å². The molecular weight excluding hydrogens is 230 g/mol. The van der Waals surface area contributed by atoms with Crippen molar-refractivity contribution in [3.63, 3.8) is 0 Å². The van der Waals surface area contributed by atoms with E-state index in [-0.39, 0.29) is 0 Å². The first-order chi connectivity index (χ1) is 9.33. The summed E-state index contributed by atoms with van der Waals surface area (Å²) in [6.45, 7) is 2.25. The van der Waals surface area contributed by atoms with Crippen molar-refractivity contribution in [2.24, 2.45) is 23.7 Å². The maximum absolute atomic E-state index is 8.97. The van der Waals surface area contributed by atoms with Crippen LogP contribution in [0.25, 0.3) is 0 Å². The van der Waals surface area contributed by atoms with E-state index in [0.29, 0.717) is 5.92 Å². The molecule has 0 spiro atoms. The van der Waals surface area contributed by atoms with Crippen LogP contribution in [0.5, 0.6) is 0 Å². The fourth-order valence-corrected chi connectivity index (χ4v) is 3.98. The van der Waals surface area contributed by atoms with Crippen LogP contribution in [0, 0.1) is 35.0 Å². The van der Waals surface area contributed by atoms with Crippen LogP contribution in [0.1, 0.15) is 71.1 Å². The minimum absolute atomic E-state index is 0.365. The minimum atomic E-state index is 0.365. The van der Waals surface area contributed by atoms with Crippen LogP contribution in [-0.2, 0) is 0 Å². The SMILES string of the molecule is CCCC=CC1CCC(C2CCC(C#N)CC2)CC1. The van der Waals surface area contributed by atoms with Crippen LogP contribution in [-0.4, -0.2) is 0 Å². The van der Waals surface area contributed by atoms with Crippen molar-refractivity contribution < 1.29 is 0 Å². The molecule has 1 nitrogen and oxygen atoms in total. The second-order valence-corrected chi connectivity index (χ2v) is 6.63. The summed E-state index contributed by atoms with van der Waals surface area (Å²) in [5.74, 6) is 3.13. The molecule has 2 aliphatic rings. The summed E-state index contributed by atoms with van der Waals surface area (Å²) < 4.78 is 0. The van der Waals surface area contributed by atoms with Crippen molar-refractivity contribution in [1.82, 2.24) is 0 Å². The summed E-state index contributed by atoms with van der Waals surface area (Å²) >= 11 is 0. The number of allylic oxidation sites excluding steroid dienone is 2. The lowest BCUT2D eigenvalue weighted by Gasteiger charge is -2.36. The average Bonchev–Trinajstić information content (AvgIpc) is 2.48. The van der Waals surface area contributed by atoms with Gasteiger partial charge in [-0.25, -0.2) is 0 Å². The summed E-state index contributed by atoms with van der Waals surface area (Å²) in [4.78, 5) is 0. The van der Waals surface area contributed by atoms with Gasteiger partial charge in [0.05, 0.1) is 6.07 Å². The second kappa shape index (κ2) is 7.73. The van der Waals surface area contributed by atoms with E-state index in [0.717, 1.165) is 30.6 Å². The topological polar surface area (TPSA) is 23.8 Å². The summed E-state index contributed by atoms with van der Waals surface area (Å²) in [5, 5.41) is 8.97. The van der Waals surface area contributed by atoms with Gasteiger partial charge in [-0.1, -0.05) is 25.5 Å². The normalized spacial score (nSPS) is 36.2. The Hall–Kier alpha value is -0.770. The van der Waals surface area contributed by atoms with Gasteiger partial charge in [-0.2, -0.15) is 5.26 Å². The van der Waals surface area contributed by atoms with Gasteiger partial charge in [0.1, 0.15) is 0 Å². The molecule has 0 bridgehead atoms. The lowest BCUT2D eigenvalue weighted by molar-refractivity contribution is 0.168. The fourth-order valence-electron chi connectivity index (χ4n) is 3.98. The summed E-state index contributed by atoms with van der Waals surface area (Å²) in [6.07, 6.45) is 18.0. The van der Waals surface area contributed by atoms with E-state index >= 15 is 0 Å². The number of nitriles is 1. The number of rotatable bonds is 4. The third-order valence-corrected chi connectivity index (χ3v) is 5.30. The number of hydrogen-bond donors (Lipinski definition) is 0. The van der Waals surface area contributed by atoms with Gasteiger partial charge in [0, 0.05) is 5.92 Å². The Morgan fingerprint density at radius 1 is 0.947 bits per heavy atom. The van der Waals surface area contributed by atoms with E-state index in [1.807, 2.05) is 0 Å². The van der Waals surface area contributed by atoms with Crippen LogP contribution in [0.4, 0.5) is 0 Å². The van der Waals surface area contributed by atoms with Crippen molar-refractivity contribution >= 4 is 0 Å². The van der Waals surface area contributed by atoms with Crippen LogP contribution < -0.4 is 0 Å². The summed E-state index contributed by atoms with van der Waals surface area (Å²) in [7, 11) is 0. The molecule has 0 amide bonds. The quantitative estimate of drug-likeness (QED) is 0.613. The van der Waals surface area contributed by atoms with Gasteiger partial charge in [-0.15, -0.1) is 0 Å². The molecule has 2 saturated carbocycles. The maximum atomic E-state index is 8.97. The molecule has 0 N–H and O–H groups in total. The van der Waals surface area contributed by atoms with E-state index in [2.05, 4.69) is 25.1 Å². The van der Waals surface area contributed by atoms with E-state index in [9.17, 15) is 0 Å². The Morgan fingerprint density at radius 2 is 1.53 bits per heavy atom. The van der Waals surface area contributed by atoms with Crippen molar-refractivity contribution in [2.45, 2.75) is 71.1 Å². The molecule has 0 aromatic carbocycles. The highest BCUT2D eigenvalue weighted by Gasteiger charge is 2.30. The first-order valence-electron chi connectivity index (χ1n) is 8.39. The zero-order chi connectivity index (χ0) is 13.5. The lowest BCUT2D eigenvalue weighted by atomic mass is 9.69. The molecular formula is C18H29N. The third kappa shape index (κ3) is 4.37. The molecule has 1 heteroatoms. The highest BCUT2D eigenvalue weighted by molar-refractivity contribution is 4.93. The van der Waals surface area contributed by atoms with Gasteiger partial charge >= 0.3 is 0 Å². The highest BCUT2D eigenvalue weighted by Crippen LogP contribution is 2.41. The molecule has 19 heavy (non-hydrogen) atoms. The first-order valence-corrected chi connectivity index (χ1v) is 8.39. The van der Waals surface area contributed by atoms with Crippen LogP contribution in [0.2, 0.25) is 0 Å². The molecule has 0 aromatic rings. The van der Waals surface area contributed by atoms with Crippen LogP contribution in [0.15, 0.2) is 12.2 Å². The minimum Gasteiger partial charge on any atom is -0.198 e. The predicted octanol–water partition coefficient (Wildman–Crippen LogP) is 5.48. The monoisotopic (exact) mass is 259 g/mol. The summed E-state index contributed by atoms with van der Waals surface area (Å²) in [6, 6.07) is 2.45. The van der Waals surface area contributed by atoms with Crippen molar-refractivity contribution in [2.75, 3.05) is 0 Å². The molecule has 0 saturated heterocycles. The average molecular weight is 259 g/mol. The standard InChI is InChI=1S/C18H29N/c1-2-3-4-5-15-6-10-17(11-7-15)18-12-8-16(14-19)9-13-18/h4-5,15-18H,2-3,6-13H2,1H3. The first kappa shape index (κ1) is 14.6. The Morgan fingerprint density at radius 3 is 2.05 bits per heavy atom. The molecule has 0 atom stereocenters. The second-order valence-electron chi connectivity index (χ2n) is 6.63. The van der Waals surface area contributed by atoms with Gasteiger partial charge in [-0.05, 0) is 75.5 Å². The molecule has 106 valence electrons. The fraction of sp³-hybridized carbons (Fsp3) is 0.833. The van der Waals surface area contributed by atoms with Gasteiger partial charge in [0.15, 0.2) is 0 Å². The molecule has 0 heterocycles. The molecule has 0 radical (unpaired) electrons. The molecule has 2 rings (SSSR count). The highest BCUT2D eigenvalue weighted by atomic mass is 14.4. The molecule has 2 aliphatic carbocycles. The largest absolute Gasteiger partial charge is 0.198 e. The molecule has 0 aliphatic heterocycles. The van der Waals surface area contributed by atoms with E-state index < -0.39 is 0 Å².